The summed E-state index contributed by atoms with van der Waals surface area (Å²) in [6, 6.07) is 6.72. The molecule has 1 N–H and O–H groups in total. The Labute approximate surface area is 122 Å². The molecule has 0 spiro atoms. The van der Waals surface area contributed by atoms with E-state index in [1.165, 1.54) is 13.2 Å². The molecule has 1 atom stereocenters. The normalized spacial score (nSPS) is 12.0. The van der Waals surface area contributed by atoms with Gasteiger partial charge in [0, 0.05) is 23.4 Å². The molecule has 21 heavy (non-hydrogen) atoms. The van der Waals surface area contributed by atoms with Crippen LogP contribution >= 0.6 is 0 Å². The van der Waals surface area contributed by atoms with Crippen molar-refractivity contribution in [3.63, 3.8) is 0 Å². The van der Waals surface area contributed by atoms with Crippen LogP contribution in [0.25, 0.3) is 0 Å². The van der Waals surface area contributed by atoms with Gasteiger partial charge in [0.25, 0.3) is 0 Å². The highest BCUT2D eigenvalue weighted by molar-refractivity contribution is 5.58. The van der Waals surface area contributed by atoms with Crippen LogP contribution in [-0.2, 0) is 0 Å². The van der Waals surface area contributed by atoms with E-state index < -0.39 is 4.92 Å². The van der Waals surface area contributed by atoms with Gasteiger partial charge in [-0.15, -0.1) is 0 Å². The molecule has 112 valence electrons. The number of anilines is 1. The van der Waals surface area contributed by atoms with Gasteiger partial charge in [-0.05, 0) is 32.9 Å². The van der Waals surface area contributed by atoms with Crippen LogP contribution in [0.4, 0.5) is 11.4 Å². The Bertz CT molecular complexity index is 664. The number of aryl methyl sites for hydroxylation is 2. The molecule has 1 aromatic carbocycles. The number of nitrogens with one attached hydrogen (secondary N) is 1. The molecular formula is C15H18N2O4. The van der Waals surface area contributed by atoms with Crippen molar-refractivity contribution < 1.29 is 14.1 Å². The second-order valence-corrected chi connectivity index (χ2v) is 4.88. The number of ether oxygens (including phenoxy) is 1. The van der Waals surface area contributed by atoms with Crippen LogP contribution in [0.2, 0.25) is 0 Å². The zero-order chi connectivity index (χ0) is 15.6. The Hall–Kier alpha value is -2.50. The molecule has 2 aromatic rings. The average molecular weight is 290 g/mol. The number of methoxy groups -OCH3 is 1. The second-order valence-electron chi connectivity index (χ2n) is 4.88. The molecule has 0 saturated carbocycles. The van der Waals surface area contributed by atoms with Crippen LogP contribution in [0.15, 0.2) is 28.7 Å². The van der Waals surface area contributed by atoms with Gasteiger partial charge in [0.15, 0.2) is 5.75 Å². The lowest BCUT2D eigenvalue weighted by atomic mass is 10.1. The minimum absolute atomic E-state index is 0.0219. The molecule has 0 bridgehead atoms. The Morgan fingerprint density at radius 3 is 2.57 bits per heavy atom. The standard InChI is InChI=1S/C15H18N2O4/c1-9-7-13(11(3)21-9)10(2)16-12-5-6-14(17(18)19)15(8-12)20-4/h5-8,10,16H,1-4H3. The lowest BCUT2D eigenvalue weighted by Crippen LogP contribution is -2.07. The topological polar surface area (TPSA) is 77.5 Å². The van der Waals surface area contributed by atoms with Crippen molar-refractivity contribution in [2.24, 2.45) is 0 Å². The van der Waals surface area contributed by atoms with E-state index in [2.05, 4.69) is 5.32 Å². The fourth-order valence-corrected chi connectivity index (χ4v) is 2.33. The molecule has 1 heterocycles. The number of hydrogen-bond acceptors (Lipinski definition) is 5. The van der Waals surface area contributed by atoms with Crippen LogP contribution in [0.1, 0.15) is 30.0 Å². The Kier molecular flexibility index (Phi) is 4.16. The van der Waals surface area contributed by atoms with Crippen LogP contribution in [0.3, 0.4) is 0 Å². The SMILES string of the molecule is COc1cc(NC(C)c2cc(C)oc2C)ccc1[N+](=O)[O-]. The van der Waals surface area contributed by atoms with E-state index >= 15 is 0 Å². The number of nitro groups is 1. The summed E-state index contributed by atoms with van der Waals surface area (Å²) in [6.45, 7) is 5.82. The summed E-state index contributed by atoms with van der Waals surface area (Å²) >= 11 is 0. The van der Waals surface area contributed by atoms with Crippen molar-refractivity contribution in [1.82, 2.24) is 0 Å². The number of hydrogen-bond donors (Lipinski definition) is 1. The van der Waals surface area contributed by atoms with Crippen LogP contribution in [0, 0.1) is 24.0 Å². The quantitative estimate of drug-likeness (QED) is 0.665. The van der Waals surface area contributed by atoms with Gasteiger partial charge in [0.1, 0.15) is 11.5 Å². The highest BCUT2D eigenvalue weighted by Gasteiger charge is 2.17. The molecule has 0 aliphatic rings. The van der Waals surface area contributed by atoms with Crippen molar-refractivity contribution in [2.75, 3.05) is 12.4 Å². The number of rotatable bonds is 5. The van der Waals surface area contributed by atoms with Gasteiger partial charge < -0.3 is 14.5 Å². The van der Waals surface area contributed by atoms with Gasteiger partial charge in [0.2, 0.25) is 0 Å². The van der Waals surface area contributed by atoms with E-state index in [-0.39, 0.29) is 17.5 Å². The molecule has 1 unspecified atom stereocenters. The summed E-state index contributed by atoms with van der Waals surface area (Å²) in [7, 11) is 1.42. The molecule has 0 aliphatic carbocycles. The molecule has 6 heteroatoms. The van der Waals surface area contributed by atoms with Crippen molar-refractivity contribution in [2.45, 2.75) is 26.8 Å². The van der Waals surface area contributed by atoms with E-state index in [9.17, 15) is 10.1 Å². The largest absolute Gasteiger partial charge is 0.490 e. The molecule has 0 aliphatic heterocycles. The number of nitro benzene ring substituents is 1. The molecule has 6 nitrogen and oxygen atoms in total. The average Bonchev–Trinajstić information content (AvgIpc) is 2.77. The van der Waals surface area contributed by atoms with E-state index in [1.807, 2.05) is 26.8 Å². The number of benzene rings is 1. The van der Waals surface area contributed by atoms with Gasteiger partial charge in [-0.3, -0.25) is 10.1 Å². The van der Waals surface area contributed by atoms with Gasteiger partial charge in [0.05, 0.1) is 18.1 Å². The smallest absolute Gasteiger partial charge is 0.311 e. The minimum Gasteiger partial charge on any atom is -0.490 e. The summed E-state index contributed by atoms with van der Waals surface area (Å²) in [6.07, 6.45) is 0. The first kappa shape index (κ1) is 14.9. The zero-order valence-corrected chi connectivity index (χ0v) is 12.5. The Morgan fingerprint density at radius 1 is 1.33 bits per heavy atom. The van der Waals surface area contributed by atoms with Crippen molar-refractivity contribution >= 4 is 11.4 Å². The number of nitrogens with zero attached hydrogens (tertiary/aromatic N) is 1. The minimum atomic E-state index is -0.463. The summed E-state index contributed by atoms with van der Waals surface area (Å²) in [4.78, 5) is 10.4. The van der Waals surface area contributed by atoms with Crippen LogP contribution in [0.5, 0.6) is 5.75 Å². The third kappa shape index (κ3) is 3.16. The fourth-order valence-electron chi connectivity index (χ4n) is 2.33. The second kappa shape index (κ2) is 5.87. The first-order valence-corrected chi connectivity index (χ1v) is 6.58. The molecular weight excluding hydrogens is 272 g/mol. The Balaban J connectivity index is 2.23. The predicted molar refractivity (Wildman–Crippen MR) is 79.9 cm³/mol. The van der Waals surface area contributed by atoms with E-state index in [4.69, 9.17) is 9.15 Å². The molecule has 2 rings (SSSR count). The predicted octanol–water partition coefficient (Wildman–Crippen LogP) is 3.99. The van der Waals surface area contributed by atoms with Crippen LogP contribution in [-0.4, -0.2) is 12.0 Å². The van der Waals surface area contributed by atoms with Gasteiger partial charge in [-0.25, -0.2) is 0 Å². The highest BCUT2D eigenvalue weighted by Crippen LogP contribution is 2.32. The molecule has 0 fully saturated rings. The van der Waals surface area contributed by atoms with E-state index in [1.54, 1.807) is 12.1 Å². The summed E-state index contributed by atoms with van der Waals surface area (Å²) in [5.41, 5.74) is 1.76. The summed E-state index contributed by atoms with van der Waals surface area (Å²) < 4.78 is 10.6. The van der Waals surface area contributed by atoms with Crippen molar-refractivity contribution in [3.05, 3.63) is 51.5 Å². The Morgan fingerprint density at radius 2 is 2.05 bits per heavy atom. The summed E-state index contributed by atoms with van der Waals surface area (Å²) in [5.74, 6) is 1.95. The van der Waals surface area contributed by atoms with Crippen molar-refractivity contribution in [1.29, 1.82) is 0 Å². The van der Waals surface area contributed by atoms with E-state index in [0.717, 1.165) is 22.8 Å². The third-order valence-corrected chi connectivity index (χ3v) is 3.31. The maximum Gasteiger partial charge on any atom is 0.311 e. The zero-order valence-electron chi connectivity index (χ0n) is 12.5. The summed E-state index contributed by atoms with van der Waals surface area (Å²) in [5, 5.41) is 14.2. The van der Waals surface area contributed by atoms with Gasteiger partial charge >= 0.3 is 5.69 Å². The molecule has 0 radical (unpaired) electrons. The molecule has 0 saturated heterocycles. The third-order valence-electron chi connectivity index (χ3n) is 3.31. The number of furan rings is 1. The first-order valence-electron chi connectivity index (χ1n) is 6.58. The van der Waals surface area contributed by atoms with Crippen molar-refractivity contribution in [3.8, 4) is 5.75 Å². The fraction of sp³-hybridized carbons (Fsp3) is 0.333. The van der Waals surface area contributed by atoms with Crippen LogP contribution < -0.4 is 10.1 Å². The van der Waals surface area contributed by atoms with E-state index in [0.29, 0.717) is 0 Å². The highest BCUT2D eigenvalue weighted by atomic mass is 16.6. The molecule has 1 aromatic heterocycles. The van der Waals surface area contributed by atoms with Gasteiger partial charge in [-0.2, -0.15) is 0 Å². The maximum atomic E-state index is 10.9. The maximum absolute atomic E-state index is 10.9. The lowest BCUT2D eigenvalue weighted by Gasteiger charge is -2.15. The first-order chi connectivity index (χ1) is 9.92. The lowest BCUT2D eigenvalue weighted by molar-refractivity contribution is -0.385. The van der Waals surface area contributed by atoms with Gasteiger partial charge in [-0.1, -0.05) is 0 Å². The molecule has 0 amide bonds. The monoisotopic (exact) mass is 290 g/mol.